The molecule has 0 saturated heterocycles. The van der Waals surface area contributed by atoms with Gasteiger partial charge in [0.2, 0.25) is 5.78 Å². The second kappa shape index (κ2) is 4.55. The molecular formula is C14H15N7O. The number of hydrogen-bond acceptors (Lipinski definition) is 4. The Morgan fingerprint density at radius 1 is 1.36 bits per heavy atom. The Bertz CT molecular complexity index is 1030. The molecule has 112 valence electrons. The third-order valence-electron chi connectivity index (χ3n) is 3.66. The standard InChI is InChI=1S/C14H15N7O/c1-3-5-21-13(22)10-12(20-6-4-15-14(20)21)18-11(17-10)9-7-16-19(2)8-9/h4,6-8H,3,5H2,1-2H3,(H,17,18). The van der Waals surface area contributed by atoms with Crippen molar-refractivity contribution < 1.29 is 0 Å². The van der Waals surface area contributed by atoms with E-state index in [0.29, 0.717) is 29.3 Å². The Morgan fingerprint density at radius 2 is 2.23 bits per heavy atom. The highest BCUT2D eigenvalue weighted by atomic mass is 16.1. The zero-order chi connectivity index (χ0) is 15.3. The monoisotopic (exact) mass is 297 g/mol. The molecule has 0 amide bonds. The highest BCUT2D eigenvalue weighted by Crippen LogP contribution is 2.18. The normalized spacial score (nSPS) is 11.7. The molecule has 4 rings (SSSR count). The van der Waals surface area contributed by atoms with Crippen LogP contribution < -0.4 is 5.56 Å². The van der Waals surface area contributed by atoms with Crippen molar-refractivity contribution in [2.75, 3.05) is 0 Å². The number of imidazole rings is 2. The van der Waals surface area contributed by atoms with Gasteiger partial charge in [0.1, 0.15) is 5.82 Å². The van der Waals surface area contributed by atoms with Gasteiger partial charge < -0.3 is 4.98 Å². The SMILES string of the molecule is CCCn1c(=O)c2[nH]c(-c3cnn(C)c3)nc2n2ccnc12. The Kier molecular flexibility index (Phi) is 2.65. The Hall–Kier alpha value is -2.90. The molecule has 4 heterocycles. The third kappa shape index (κ3) is 1.70. The van der Waals surface area contributed by atoms with E-state index in [1.807, 2.05) is 30.8 Å². The zero-order valence-corrected chi connectivity index (χ0v) is 12.3. The summed E-state index contributed by atoms with van der Waals surface area (Å²) in [4.78, 5) is 24.7. The number of nitrogens with zero attached hydrogens (tertiary/aromatic N) is 6. The van der Waals surface area contributed by atoms with Gasteiger partial charge in [-0.25, -0.2) is 9.97 Å². The fourth-order valence-corrected chi connectivity index (χ4v) is 2.68. The number of aromatic amines is 1. The molecule has 0 aromatic carbocycles. The molecule has 0 fully saturated rings. The first-order chi connectivity index (χ1) is 10.7. The maximum atomic E-state index is 12.7. The van der Waals surface area contributed by atoms with Crippen LogP contribution in [0.25, 0.3) is 28.3 Å². The molecule has 0 radical (unpaired) electrons. The van der Waals surface area contributed by atoms with Crippen LogP contribution in [0.5, 0.6) is 0 Å². The molecule has 22 heavy (non-hydrogen) atoms. The molecule has 0 aliphatic rings. The maximum absolute atomic E-state index is 12.7. The molecular weight excluding hydrogens is 282 g/mol. The molecule has 0 spiro atoms. The summed E-state index contributed by atoms with van der Waals surface area (Å²) in [5, 5.41) is 4.14. The summed E-state index contributed by atoms with van der Waals surface area (Å²) >= 11 is 0. The lowest BCUT2D eigenvalue weighted by Gasteiger charge is -2.05. The molecule has 8 nitrogen and oxygen atoms in total. The first-order valence-electron chi connectivity index (χ1n) is 7.13. The van der Waals surface area contributed by atoms with Crippen molar-refractivity contribution in [3.05, 3.63) is 35.1 Å². The number of aromatic nitrogens is 7. The van der Waals surface area contributed by atoms with Gasteiger partial charge in [-0.3, -0.25) is 18.4 Å². The lowest BCUT2D eigenvalue weighted by molar-refractivity contribution is 0.663. The van der Waals surface area contributed by atoms with Gasteiger partial charge in [-0.05, 0) is 6.42 Å². The van der Waals surface area contributed by atoms with Crippen molar-refractivity contribution in [3.63, 3.8) is 0 Å². The summed E-state index contributed by atoms with van der Waals surface area (Å²) in [6, 6.07) is 0. The number of rotatable bonds is 3. The zero-order valence-electron chi connectivity index (χ0n) is 12.3. The van der Waals surface area contributed by atoms with Crippen molar-refractivity contribution in [1.82, 2.24) is 33.7 Å². The van der Waals surface area contributed by atoms with Crippen molar-refractivity contribution in [2.45, 2.75) is 19.9 Å². The number of H-pyrrole nitrogens is 1. The summed E-state index contributed by atoms with van der Waals surface area (Å²) < 4.78 is 5.21. The van der Waals surface area contributed by atoms with Crippen molar-refractivity contribution in [3.8, 4) is 11.4 Å². The van der Waals surface area contributed by atoms with E-state index in [1.165, 1.54) is 0 Å². The van der Waals surface area contributed by atoms with Crippen LogP contribution in [-0.4, -0.2) is 33.7 Å². The second-order valence-corrected chi connectivity index (χ2v) is 5.24. The number of nitrogens with one attached hydrogen (secondary N) is 1. The lowest BCUT2D eigenvalue weighted by Crippen LogP contribution is -2.23. The number of aryl methyl sites for hydroxylation is 2. The van der Waals surface area contributed by atoms with Gasteiger partial charge in [-0.1, -0.05) is 6.92 Å². The topological polar surface area (TPSA) is 85.8 Å². The van der Waals surface area contributed by atoms with Crippen LogP contribution in [0.2, 0.25) is 0 Å². The molecule has 0 aliphatic carbocycles. The van der Waals surface area contributed by atoms with Crippen molar-refractivity contribution >= 4 is 16.9 Å². The van der Waals surface area contributed by atoms with E-state index in [-0.39, 0.29) is 5.56 Å². The van der Waals surface area contributed by atoms with Crippen molar-refractivity contribution in [2.24, 2.45) is 7.05 Å². The van der Waals surface area contributed by atoms with E-state index >= 15 is 0 Å². The molecule has 4 aromatic heterocycles. The third-order valence-corrected chi connectivity index (χ3v) is 3.66. The summed E-state index contributed by atoms with van der Waals surface area (Å²) in [5.41, 5.74) is 1.81. The first kappa shape index (κ1) is 12.8. The minimum atomic E-state index is -0.0989. The van der Waals surface area contributed by atoms with Gasteiger partial charge in [0.25, 0.3) is 5.56 Å². The molecule has 0 saturated carbocycles. The fourth-order valence-electron chi connectivity index (χ4n) is 2.68. The van der Waals surface area contributed by atoms with Crippen LogP contribution in [0.15, 0.2) is 29.6 Å². The largest absolute Gasteiger partial charge is 0.332 e. The summed E-state index contributed by atoms with van der Waals surface area (Å²) in [7, 11) is 1.84. The van der Waals surface area contributed by atoms with Crippen LogP contribution in [0.3, 0.4) is 0 Å². The minimum Gasteiger partial charge on any atom is -0.332 e. The van der Waals surface area contributed by atoms with Gasteiger partial charge in [0, 0.05) is 32.2 Å². The lowest BCUT2D eigenvalue weighted by atomic mass is 10.3. The first-order valence-corrected chi connectivity index (χ1v) is 7.13. The summed E-state index contributed by atoms with van der Waals surface area (Å²) in [6.45, 7) is 2.65. The Balaban J connectivity index is 2.07. The van der Waals surface area contributed by atoms with Gasteiger partial charge in [0.05, 0.1) is 11.8 Å². The predicted molar refractivity (Wildman–Crippen MR) is 81.6 cm³/mol. The highest BCUT2D eigenvalue weighted by molar-refractivity contribution is 5.77. The fraction of sp³-hybridized carbons (Fsp3) is 0.286. The Labute approximate surface area is 125 Å². The highest BCUT2D eigenvalue weighted by Gasteiger charge is 2.16. The van der Waals surface area contributed by atoms with Gasteiger partial charge >= 0.3 is 0 Å². The number of fused-ring (bicyclic) bond motifs is 3. The van der Waals surface area contributed by atoms with Crippen LogP contribution in [0, 0.1) is 0 Å². The Morgan fingerprint density at radius 3 is 2.95 bits per heavy atom. The van der Waals surface area contributed by atoms with Crippen LogP contribution in [0.4, 0.5) is 0 Å². The number of hydrogen-bond donors (Lipinski definition) is 1. The van der Waals surface area contributed by atoms with E-state index in [4.69, 9.17) is 0 Å². The van der Waals surface area contributed by atoms with Gasteiger partial charge in [-0.15, -0.1) is 0 Å². The molecule has 0 aliphatic heterocycles. The summed E-state index contributed by atoms with van der Waals surface area (Å²) in [6.07, 6.45) is 7.92. The van der Waals surface area contributed by atoms with E-state index in [0.717, 1.165) is 12.0 Å². The molecule has 0 atom stereocenters. The second-order valence-electron chi connectivity index (χ2n) is 5.24. The van der Waals surface area contributed by atoms with Crippen LogP contribution in [0.1, 0.15) is 13.3 Å². The maximum Gasteiger partial charge on any atom is 0.280 e. The predicted octanol–water partition coefficient (Wildman–Crippen LogP) is 1.18. The van der Waals surface area contributed by atoms with E-state index in [1.54, 1.807) is 21.6 Å². The molecule has 0 unspecified atom stereocenters. The smallest absolute Gasteiger partial charge is 0.280 e. The van der Waals surface area contributed by atoms with E-state index in [2.05, 4.69) is 20.1 Å². The van der Waals surface area contributed by atoms with Gasteiger partial charge in [0.15, 0.2) is 11.2 Å². The average Bonchev–Trinajstić information content (AvgIpc) is 3.20. The van der Waals surface area contributed by atoms with Crippen LogP contribution >= 0.6 is 0 Å². The average molecular weight is 297 g/mol. The van der Waals surface area contributed by atoms with E-state index < -0.39 is 0 Å². The van der Waals surface area contributed by atoms with Crippen LogP contribution in [-0.2, 0) is 13.6 Å². The molecule has 4 aromatic rings. The van der Waals surface area contributed by atoms with Gasteiger partial charge in [-0.2, -0.15) is 5.10 Å². The molecule has 1 N–H and O–H groups in total. The van der Waals surface area contributed by atoms with E-state index in [9.17, 15) is 4.79 Å². The quantitative estimate of drug-likeness (QED) is 0.615. The molecule has 8 heteroatoms. The van der Waals surface area contributed by atoms with Crippen molar-refractivity contribution in [1.29, 1.82) is 0 Å². The minimum absolute atomic E-state index is 0.0989. The summed E-state index contributed by atoms with van der Waals surface area (Å²) in [5.74, 6) is 1.24. The molecule has 0 bridgehead atoms.